The number of benzene rings is 1. The maximum atomic E-state index is 6.14. The summed E-state index contributed by atoms with van der Waals surface area (Å²) in [4.78, 5) is 0. The summed E-state index contributed by atoms with van der Waals surface area (Å²) in [6, 6.07) is 6.65. The van der Waals surface area contributed by atoms with E-state index in [2.05, 4.69) is 45.9 Å². The fourth-order valence-corrected chi connectivity index (χ4v) is 2.57. The van der Waals surface area contributed by atoms with Gasteiger partial charge >= 0.3 is 0 Å². The SMILES string of the molecule is CCCOCC(C)(C)Oc1ccc(C2CCC2)cc1C. The minimum atomic E-state index is -0.280. The average molecular weight is 276 g/mol. The Morgan fingerprint density at radius 3 is 2.55 bits per heavy atom. The summed E-state index contributed by atoms with van der Waals surface area (Å²) >= 11 is 0. The van der Waals surface area contributed by atoms with E-state index >= 15 is 0 Å². The molecule has 0 N–H and O–H groups in total. The highest BCUT2D eigenvalue weighted by molar-refractivity contribution is 5.38. The zero-order valence-electron chi connectivity index (χ0n) is 13.4. The third-order valence-electron chi connectivity index (χ3n) is 3.96. The second-order valence-electron chi connectivity index (χ2n) is 6.57. The molecule has 0 bridgehead atoms. The van der Waals surface area contributed by atoms with Crippen LogP contribution < -0.4 is 4.74 Å². The molecular weight excluding hydrogens is 248 g/mol. The van der Waals surface area contributed by atoms with Crippen molar-refractivity contribution in [1.29, 1.82) is 0 Å². The standard InChI is InChI=1S/C18H28O2/c1-5-11-19-13-18(3,4)20-17-10-9-16(12-14(17)2)15-7-6-8-15/h9-10,12,15H,5-8,11,13H2,1-4H3. The molecule has 1 aliphatic carbocycles. The number of hydrogen-bond donors (Lipinski definition) is 0. The number of ether oxygens (including phenoxy) is 2. The van der Waals surface area contributed by atoms with Gasteiger partial charge in [-0.15, -0.1) is 0 Å². The van der Waals surface area contributed by atoms with Crippen molar-refractivity contribution >= 4 is 0 Å². The zero-order chi connectivity index (χ0) is 14.6. The van der Waals surface area contributed by atoms with Crippen LogP contribution >= 0.6 is 0 Å². The molecule has 1 aromatic rings. The van der Waals surface area contributed by atoms with Crippen molar-refractivity contribution in [3.8, 4) is 5.75 Å². The fraction of sp³-hybridized carbons (Fsp3) is 0.667. The van der Waals surface area contributed by atoms with Gasteiger partial charge in [-0.05, 0) is 63.1 Å². The predicted molar refractivity (Wildman–Crippen MR) is 83.6 cm³/mol. The molecule has 2 heteroatoms. The van der Waals surface area contributed by atoms with E-state index in [0.29, 0.717) is 6.61 Å². The smallest absolute Gasteiger partial charge is 0.127 e. The molecule has 0 radical (unpaired) electrons. The molecule has 2 rings (SSSR count). The van der Waals surface area contributed by atoms with Crippen molar-refractivity contribution < 1.29 is 9.47 Å². The van der Waals surface area contributed by atoms with Gasteiger partial charge in [0.1, 0.15) is 11.4 Å². The van der Waals surface area contributed by atoms with E-state index in [-0.39, 0.29) is 5.60 Å². The van der Waals surface area contributed by atoms with Crippen molar-refractivity contribution in [2.24, 2.45) is 0 Å². The quantitative estimate of drug-likeness (QED) is 0.663. The molecule has 1 aliphatic rings. The maximum Gasteiger partial charge on any atom is 0.127 e. The van der Waals surface area contributed by atoms with Gasteiger partial charge in [-0.1, -0.05) is 25.5 Å². The largest absolute Gasteiger partial charge is 0.485 e. The minimum absolute atomic E-state index is 0.280. The van der Waals surface area contributed by atoms with Crippen LogP contribution in [0.15, 0.2) is 18.2 Å². The minimum Gasteiger partial charge on any atom is -0.485 e. The van der Waals surface area contributed by atoms with Crippen molar-refractivity contribution in [2.45, 2.75) is 64.9 Å². The van der Waals surface area contributed by atoms with Gasteiger partial charge in [-0.3, -0.25) is 0 Å². The molecule has 1 saturated carbocycles. The molecule has 0 aromatic heterocycles. The van der Waals surface area contributed by atoms with Crippen LogP contribution in [-0.4, -0.2) is 18.8 Å². The van der Waals surface area contributed by atoms with Gasteiger partial charge in [0.05, 0.1) is 6.61 Å². The van der Waals surface area contributed by atoms with Gasteiger partial charge in [0.25, 0.3) is 0 Å². The Morgan fingerprint density at radius 1 is 1.25 bits per heavy atom. The normalized spacial score (nSPS) is 16.0. The van der Waals surface area contributed by atoms with Crippen LogP contribution in [0.4, 0.5) is 0 Å². The number of aryl methyl sites for hydroxylation is 1. The summed E-state index contributed by atoms with van der Waals surface area (Å²) in [5.41, 5.74) is 2.43. The van der Waals surface area contributed by atoms with Crippen LogP contribution in [0.5, 0.6) is 5.75 Å². The zero-order valence-corrected chi connectivity index (χ0v) is 13.4. The van der Waals surface area contributed by atoms with E-state index < -0.39 is 0 Å². The van der Waals surface area contributed by atoms with Crippen LogP contribution in [0, 0.1) is 6.92 Å². The number of rotatable bonds is 7. The molecule has 2 nitrogen and oxygen atoms in total. The molecule has 0 saturated heterocycles. The molecule has 112 valence electrons. The molecule has 1 aromatic carbocycles. The highest BCUT2D eigenvalue weighted by Crippen LogP contribution is 2.38. The van der Waals surface area contributed by atoms with Crippen LogP contribution in [0.2, 0.25) is 0 Å². The molecule has 0 spiro atoms. The van der Waals surface area contributed by atoms with Crippen molar-refractivity contribution in [3.63, 3.8) is 0 Å². The highest BCUT2D eigenvalue weighted by Gasteiger charge is 2.23. The van der Waals surface area contributed by atoms with E-state index in [1.807, 2.05) is 0 Å². The molecule has 0 atom stereocenters. The van der Waals surface area contributed by atoms with Gasteiger partial charge in [-0.25, -0.2) is 0 Å². The molecule has 0 heterocycles. The molecular formula is C18H28O2. The second kappa shape index (κ2) is 6.62. The lowest BCUT2D eigenvalue weighted by Gasteiger charge is -2.29. The molecule has 1 fully saturated rings. The van der Waals surface area contributed by atoms with E-state index in [4.69, 9.17) is 9.47 Å². The van der Waals surface area contributed by atoms with Crippen LogP contribution in [-0.2, 0) is 4.74 Å². The first kappa shape index (κ1) is 15.4. The van der Waals surface area contributed by atoms with Gasteiger partial charge < -0.3 is 9.47 Å². The lowest BCUT2D eigenvalue weighted by molar-refractivity contribution is -0.00338. The molecule has 0 unspecified atom stereocenters. The summed E-state index contributed by atoms with van der Waals surface area (Å²) in [7, 11) is 0. The lowest BCUT2D eigenvalue weighted by Crippen LogP contribution is -2.34. The van der Waals surface area contributed by atoms with Crippen LogP contribution in [0.3, 0.4) is 0 Å². The summed E-state index contributed by atoms with van der Waals surface area (Å²) in [5.74, 6) is 1.77. The Labute approximate surface area is 123 Å². The number of hydrogen-bond acceptors (Lipinski definition) is 2. The van der Waals surface area contributed by atoms with E-state index in [0.717, 1.165) is 24.7 Å². The third kappa shape index (κ3) is 3.99. The van der Waals surface area contributed by atoms with Crippen LogP contribution in [0.1, 0.15) is 63.5 Å². The van der Waals surface area contributed by atoms with Crippen molar-refractivity contribution in [2.75, 3.05) is 13.2 Å². The summed E-state index contributed by atoms with van der Waals surface area (Å²) < 4.78 is 11.8. The van der Waals surface area contributed by atoms with Crippen molar-refractivity contribution in [3.05, 3.63) is 29.3 Å². The Kier molecular flexibility index (Phi) is 5.09. The Hall–Kier alpha value is -1.02. The van der Waals surface area contributed by atoms with Crippen molar-refractivity contribution in [1.82, 2.24) is 0 Å². The monoisotopic (exact) mass is 276 g/mol. The lowest BCUT2D eigenvalue weighted by atomic mass is 9.79. The van der Waals surface area contributed by atoms with E-state index in [1.54, 1.807) is 0 Å². The first-order valence-corrected chi connectivity index (χ1v) is 7.89. The first-order valence-electron chi connectivity index (χ1n) is 7.89. The Bertz CT molecular complexity index is 433. The summed E-state index contributed by atoms with van der Waals surface area (Å²) in [5, 5.41) is 0. The van der Waals surface area contributed by atoms with E-state index in [9.17, 15) is 0 Å². The Balaban J connectivity index is 1.97. The Morgan fingerprint density at radius 2 is 2.00 bits per heavy atom. The summed E-state index contributed by atoms with van der Waals surface area (Å²) in [6.07, 6.45) is 5.11. The molecule has 0 amide bonds. The second-order valence-corrected chi connectivity index (χ2v) is 6.57. The summed E-state index contributed by atoms with van der Waals surface area (Å²) in [6.45, 7) is 9.86. The maximum absolute atomic E-state index is 6.14. The van der Waals surface area contributed by atoms with E-state index in [1.165, 1.54) is 30.4 Å². The van der Waals surface area contributed by atoms with Gasteiger partial charge in [0.15, 0.2) is 0 Å². The third-order valence-corrected chi connectivity index (χ3v) is 3.96. The molecule has 0 aliphatic heterocycles. The van der Waals surface area contributed by atoms with Gasteiger partial charge in [0.2, 0.25) is 0 Å². The first-order chi connectivity index (χ1) is 9.52. The van der Waals surface area contributed by atoms with Gasteiger partial charge in [0, 0.05) is 6.61 Å². The average Bonchev–Trinajstić information content (AvgIpc) is 2.30. The fourth-order valence-electron chi connectivity index (χ4n) is 2.57. The topological polar surface area (TPSA) is 18.5 Å². The predicted octanol–water partition coefficient (Wildman–Crippen LogP) is 4.85. The molecule has 20 heavy (non-hydrogen) atoms. The van der Waals surface area contributed by atoms with Crippen LogP contribution in [0.25, 0.3) is 0 Å². The van der Waals surface area contributed by atoms with Gasteiger partial charge in [-0.2, -0.15) is 0 Å². The highest BCUT2D eigenvalue weighted by atomic mass is 16.5.